The number of hydrogen-bond donors (Lipinski definition) is 2. The van der Waals surface area contributed by atoms with E-state index >= 15 is 0 Å². The third kappa shape index (κ3) is 6.28. The first kappa shape index (κ1) is 20.7. The van der Waals surface area contributed by atoms with Gasteiger partial charge in [0, 0.05) is 17.2 Å². The molecule has 2 rings (SSSR count). The predicted molar refractivity (Wildman–Crippen MR) is 104 cm³/mol. The summed E-state index contributed by atoms with van der Waals surface area (Å²) in [6.45, 7) is 3.77. The Morgan fingerprint density at radius 2 is 1.68 bits per heavy atom. The minimum absolute atomic E-state index is 0.392. The molecule has 7 heteroatoms. The van der Waals surface area contributed by atoms with Gasteiger partial charge in [0.05, 0.1) is 6.61 Å². The van der Waals surface area contributed by atoms with Crippen molar-refractivity contribution in [2.75, 3.05) is 6.61 Å². The molecule has 0 bridgehead atoms. The van der Waals surface area contributed by atoms with Crippen LogP contribution >= 0.6 is 0 Å². The van der Waals surface area contributed by atoms with Crippen LogP contribution in [0, 0.1) is 0 Å². The Morgan fingerprint density at radius 1 is 1.00 bits per heavy atom. The number of ether oxygens (including phenoxy) is 2. The molecule has 0 aromatic heterocycles. The summed E-state index contributed by atoms with van der Waals surface area (Å²) in [4.78, 5) is 35.8. The maximum atomic E-state index is 12.0. The van der Waals surface area contributed by atoms with E-state index in [0.717, 1.165) is 0 Å². The molecule has 0 fully saturated rings. The van der Waals surface area contributed by atoms with Crippen LogP contribution in [0.1, 0.15) is 29.8 Å². The van der Waals surface area contributed by atoms with E-state index in [0.29, 0.717) is 23.5 Å². The van der Waals surface area contributed by atoms with E-state index in [9.17, 15) is 14.4 Å². The summed E-state index contributed by atoms with van der Waals surface area (Å²) < 4.78 is 10.5. The molecule has 2 aromatic carbocycles. The molecule has 0 aliphatic heterocycles. The molecule has 7 nitrogen and oxygen atoms in total. The summed E-state index contributed by atoms with van der Waals surface area (Å²) >= 11 is 0. The number of hydrogen-bond acceptors (Lipinski definition) is 5. The highest BCUT2D eigenvalue weighted by Crippen LogP contribution is 2.19. The van der Waals surface area contributed by atoms with Crippen molar-refractivity contribution in [3.8, 4) is 5.75 Å². The van der Waals surface area contributed by atoms with Gasteiger partial charge in [-0.15, -0.1) is 0 Å². The van der Waals surface area contributed by atoms with Crippen molar-refractivity contribution in [3.05, 3.63) is 71.8 Å². The van der Waals surface area contributed by atoms with Gasteiger partial charge in [-0.05, 0) is 38.1 Å². The fourth-order valence-electron chi connectivity index (χ4n) is 2.21. The van der Waals surface area contributed by atoms with Gasteiger partial charge in [-0.3, -0.25) is 20.4 Å². The maximum absolute atomic E-state index is 12.0. The summed E-state index contributed by atoms with van der Waals surface area (Å²) in [5, 5.41) is 0. The van der Waals surface area contributed by atoms with E-state index in [1.807, 2.05) is 19.1 Å². The Balaban J connectivity index is 1.84. The van der Waals surface area contributed by atoms with E-state index < -0.39 is 23.9 Å². The number of amides is 2. The molecule has 2 amide bonds. The molecule has 0 saturated heterocycles. The quantitative estimate of drug-likeness (QED) is 0.436. The average Bonchev–Trinajstić information content (AvgIpc) is 2.72. The van der Waals surface area contributed by atoms with Crippen LogP contribution in [0.5, 0.6) is 5.75 Å². The molecule has 1 atom stereocenters. The van der Waals surface area contributed by atoms with Crippen molar-refractivity contribution >= 4 is 23.9 Å². The van der Waals surface area contributed by atoms with Crippen LogP contribution in [-0.2, 0) is 14.3 Å². The van der Waals surface area contributed by atoms with Crippen LogP contribution in [0.25, 0.3) is 6.08 Å². The van der Waals surface area contributed by atoms with E-state index in [1.54, 1.807) is 48.5 Å². The molecular weight excluding hydrogens is 360 g/mol. The van der Waals surface area contributed by atoms with Crippen molar-refractivity contribution in [2.24, 2.45) is 0 Å². The highest BCUT2D eigenvalue weighted by Gasteiger charge is 2.17. The number of para-hydroxylation sites is 1. The minimum Gasteiger partial charge on any atom is -0.493 e. The SMILES string of the molecule is CCOc1ccccc1/C=C/C(=O)O[C@H](C)C(=O)NNC(=O)c1ccccc1. The lowest BCUT2D eigenvalue weighted by molar-refractivity contribution is -0.150. The normalized spacial score (nSPS) is 11.5. The fraction of sp³-hybridized carbons (Fsp3) is 0.190. The number of carbonyl (C=O) groups is 3. The second-order valence-corrected chi connectivity index (χ2v) is 5.69. The number of benzene rings is 2. The largest absolute Gasteiger partial charge is 0.493 e. The van der Waals surface area contributed by atoms with Crippen molar-refractivity contribution in [3.63, 3.8) is 0 Å². The molecule has 28 heavy (non-hydrogen) atoms. The molecule has 2 aromatic rings. The Morgan fingerprint density at radius 3 is 2.39 bits per heavy atom. The van der Waals surface area contributed by atoms with Gasteiger partial charge < -0.3 is 9.47 Å². The van der Waals surface area contributed by atoms with Crippen molar-refractivity contribution in [2.45, 2.75) is 20.0 Å². The Bertz CT molecular complexity index is 849. The molecule has 2 N–H and O–H groups in total. The smallest absolute Gasteiger partial charge is 0.331 e. The maximum Gasteiger partial charge on any atom is 0.331 e. The third-order valence-electron chi connectivity index (χ3n) is 3.62. The summed E-state index contributed by atoms with van der Waals surface area (Å²) in [5.41, 5.74) is 5.60. The lowest BCUT2D eigenvalue weighted by Crippen LogP contribution is -2.46. The fourth-order valence-corrected chi connectivity index (χ4v) is 2.21. The number of esters is 1. The Labute approximate surface area is 163 Å². The van der Waals surface area contributed by atoms with E-state index in [1.165, 1.54) is 13.0 Å². The van der Waals surface area contributed by atoms with E-state index in [-0.39, 0.29) is 0 Å². The van der Waals surface area contributed by atoms with Crippen molar-refractivity contribution < 1.29 is 23.9 Å². The first-order valence-electron chi connectivity index (χ1n) is 8.77. The van der Waals surface area contributed by atoms with Crippen molar-refractivity contribution in [1.29, 1.82) is 0 Å². The molecular formula is C21H22N2O5. The second kappa shape index (κ2) is 10.5. The molecule has 0 unspecified atom stereocenters. The number of carbonyl (C=O) groups excluding carboxylic acids is 3. The topological polar surface area (TPSA) is 93.7 Å². The van der Waals surface area contributed by atoms with Gasteiger partial charge in [-0.2, -0.15) is 0 Å². The third-order valence-corrected chi connectivity index (χ3v) is 3.62. The van der Waals surface area contributed by atoms with Crippen LogP contribution in [0.3, 0.4) is 0 Å². The van der Waals surface area contributed by atoms with Gasteiger partial charge in [0.1, 0.15) is 5.75 Å². The summed E-state index contributed by atoms with van der Waals surface area (Å²) in [7, 11) is 0. The van der Waals surface area contributed by atoms with Gasteiger partial charge in [-0.25, -0.2) is 4.79 Å². The standard InChI is InChI=1S/C21H22N2O5/c1-3-27-18-12-8-7-9-16(18)13-14-19(24)28-15(2)20(25)22-23-21(26)17-10-5-4-6-11-17/h4-15H,3H2,1-2H3,(H,22,25)(H,23,26)/b14-13+/t15-/m1/s1. The van der Waals surface area contributed by atoms with Gasteiger partial charge in [0.15, 0.2) is 6.10 Å². The highest BCUT2D eigenvalue weighted by molar-refractivity contribution is 5.96. The summed E-state index contributed by atoms with van der Waals surface area (Å²) in [6.07, 6.45) is 1.68. The van der Waals surface area contributed by atoms with Crippen LogP contribution in [0.2, 0.25) is 0 Å². The monoisotopic (exact) mass is 382 g/mol. The molecule has 0 aliphatic rings. The zero-order valence-corrected chi connectivity index (χ0v) is 15.7. The van der Waals surface area contributed by atoms with Crippen LogP contribution in [-0.4, -0.2) is 30.5 Å². The molecule has 0 heterocycles. The molecule has 146 valence electrons. The summed E-state index contributed by atoms with van der Waals surface area (Å²) in [6, 6.07) is 15.6. The number of hydrazine groups is 1. The molecule has 0 saturated carbocycles. The van der Waals surface area contributed by atoms with Crippen LogP contribution < -0.4 is 15.6 Å². The number of nitrogens with one attached hydrogen (secondary N) is 2. The van der Waals surface area contributed by atoms with Gasteiger partial charge in [-0.1, -0.05) is 36.4 Å². The molecule has 0 aliphatic carbocycles. The predicted octanol–water partition coefficient (Wildman–Crippen LogP) is 2.49. The van der Waals surface area contributed by atoms with Crippen molar-refractivity contribution in [1.82, 2.24) is 10.9 Å². The summed E-state index contributed by atoms with van der Waals surface area (Å²) in [5.74, 6) is -1.17. The zero-order valence-electron chi connectivity index (χ0n) is 15.7. The molecule has 0 spiro atoms. The number of rotatable bonds is 7. The van der Waals surface area contributed by atoms with Crippen LogP contribution in [0.4, 0.5) is 0 Å². The van der Waals surface area contributed by atoms with Gasteiger partial charge >= 0.3 is 5.97 Å². The Kier molecular flexibility index (Phi) is 7.77. The van der Waals surface area contributed by atoms with Gasteiger partial charge in [0.2, 0.25) is 0 Å². The highest BCUT2D eigenvalue weighted by atomic mass is 16.5. The minimum atomic E-state index is -1.09. The van der Waals surface area contributed by atoms with Crippen LogP contribution in [0.15, 0.2) is 60.7 Å². The van der Waals surface area contributed by atoms with E-state index in [4.69, 9.17) is 9.47 Å². The van der Waals surface area contributed by atoms with Gasteiger partial charge in [0.25, 0.3) is 11.8 Å². The lowest BCUT2D eigenvalue weighted by Gasteiger charge is -2.13. The second-order valence-electron chi connectivity index (χ2n) is 5.69. The van der Waals surface area contributed by atoms with E-state index in [2.05, 4.69) is 10.9 Å². The first-order chi connectivity index (χ1) is 13.5. The lowest BCUT2D eigenvalue weighted by atomic mass is 10.2. The molecule has 0 radical (unpaired) electrons. The zero-order chi connectivity index (χ0) is 20.4. The Hall–Kier alpha value is -3.61. The first-order valence-corrected chi connectivity index (χ1v) is 8.77. The average molecular weight is 382 g/mol.